The zero-order valence-corrected chi connectivity index (χ0v) is 15.7. The molecule has 1 saturated carbocycles. The molecule has 0 aromatic carbocycles. The molecular weight excluding hydrogens is 387 g/mol. The number of amides is 1. The lowest BCUT2D eigenvalue weighted by Gasteiger charge is -2.22. The molecule has 1 fully saturated rings. The van der Waals surface area contributed by atoms with Gasteiger partial charge < -0.3 is 14.6 Å². The molecule has 0 bridgehead atoms. The zero-order chi connectivity index (χ0) is 20.9. The Balaban J connectivity index is 1.66. The second-order valence-electron chi connectivity index (χ2n) is 7.07. The van der Waals surface area contributed by atoms with Gasteiger partial charge in [-0.1, -0.05) is 19.3 Å². The van der Waals surface area contributed by atoms with Crippen molar-refractivity contribution >= 4 is 11.7 Å². The molecule has 3 rings (SSSR count). The van der Waals surface area contributed by atoms with E-state index in [1.807, 2.05) is 0 Å². The summed E-state index contributed by atoms with van der Waals surface area (Å²) >= 11 is 0. The van der Waals surface area contributed by atoms with Crippen LogP contribution in [0.4, 0.5) is 19.0 Å². The standard InChI is InChI=1S/C20H22F3N3O3/c21-20(22,23)15-8-5-11-26(19(15)28)12-17(27)25-18-16(9-4-10-24-18)29-13-14-6-2-1-3-7-14/h4-5,8-11,14H,1-3,6-7,12-13H2,(H,24,25,27). The minimum absolute atomic E-state index is 0.174. The first kappa shape index (κ1) is 20.9. The van der Waals surface area contributed by atoms with E-state index in [1.54, 1.807) is 12.1 Å². The molecule has 0 radical (unpaired) electrons. The minimum atomic E-state index is -4.78. The Bertz CT molecular complexity index is 906. The highest BCUT2D eigenvalue weighted by Gasteiger charge is 2.34. The predicted octanol–water partition coefficient (Wildman–Crippen LogP) is 3.86. The summed E-state index contributed by atoms with van der Waals surface area (Å²) in [6, 6.07) is 5.11. The number of carbonyl (C=O) groups excluding carboxylic acids is 1. The lowest BCUT2D eigenvalue weighted by atomic mass is 9.90. The number of rotatable bonds is 6. The molecule has 1 aliphatic rings. The number of carbonyl (C=O) groups is 1. The highest BCUT2D eigenvalue weighted by molar-refractivity contribution is 5.90. The van der Waals surface area contributed by atoms with Gasteiger partial charge in [-0.3, -0.25) is 9.59 Å². The first-order chi connectivity index (χ1) is 13.8. The Morgan fingerprint density at radius 2 is 1.97 bits per heavy atom. The third-order valence-corrected chi connectivity index (χ3v) is 4.87. The van der Waals surface area contributed by atoms with Gasteiger partial charge in [-0.05, 0) is 43.0 Å². The molecule has 156 valence electrons. The van der Waals surface area contributed by atoms with Crippen molar-refractivity contribution in [1.29, 1.82) is 0 Å². The molecule has 9 heteroatoms. The van der Waals surface area contributed by atoms with Crippen LogP contribution in [0.25, 0.3) is 0 Å². The van der Waals surface area contributed by atoms with Crippen molar-refractivity contribution in [2.24, 2.45) is 5.92 Å². The van der Waals surface area contributed by atoms with E-state index in [4.69, 9.17) is 4.74 Å². The molecule has 0 spiro atoms. The maximum Gasteiger partial charge on any atom is 0.421 e. The zero-order valence-electron chi connectivity index (χ0n) is 15.7. The number of aromatic nitrogens is 2. The van der Waals surface area contributed by atoms with E-state index in [1.165, 1.54) is 25.5 Å². The molecule has 29 heavy (non-hydrogen) atoms. The second-order valence-corrected chi connectivity index (χ2v) is 7.07. The Hall–Kier alpha value is -2.84. The SMILES string of the molecule is O=C(Cn1cccc(C(F)(F)F)c1=O)Nc1ncccc1OCC1CCCCC1. The van der Waals surface area contributed by atoms with Crippen molar-refractivity contribution in [2.75, 3.05) is 11.9 Å². The minimum Gasteiger partial charge on any atom is -0.489 e. The summed E-state index contributed by atoms with van der Waals surface area (Å²) in [5.74, 6) is 0.347. The highest BCUT2D eigenvalue weighted by Crippen LogP contribution is 2.27. The number of pyridine rings is 2. The van der Waals surface area contributed by atoms with Gasteiger partial charge in [0, 0.05) is 12.4 Å². The molecule has 1 aliphatic carbocycles. The van der Waals surface area contributed by atoms with Crippen LogP contribution in [-0.2, 0) is 17.5 Å². The average molecular weight is 409 g/mol. The number of anilines is 1. The van der Waals surface area contributed by atoms with Crippen LogP contribution in [0.15, 0.2) is 41.5 Å². The summed E-state index contributed by atoms with van der Waals surface area (Å²) in [6.07, 6.45) is 3.61. The summed E-state index contributed by atoms with van der Waals surface area (Å²) in [6.45, 7) is -0.0525. The monoisotopic (exact) mass is 409 g/mol. The van der Waals surface area contributed by atoms with Gasteiger partial charge in [0.15, 0.2) is 11.6 Å². The van der Waals surface area contributed by atoms with E-state index in [0.29, 0.717) is 28.9 Å². The molecule has 2 aromatic heterocycles. The third kappa shape index (κ3) is 5.58. The molecule has 2 aromatic rings. The number of nitrogens with one attached hydrogen (secondary N) is 1. The van der Waals surface area contributed by atoms with E-state index in [2.05, 4.69) is 10.3 Å². The van der Waals surface area contributed by atoms with Crippen molar-refractivity contribution in [3.05, 3.63) is 52.6 Å². The summed E-state index contributed by atoms with van der Waals surface area (Å²) in [5.41, 5.74) is -2.59. The first-order valence-corrected chi connectivity index (χ1v) is 9.49. The van der Waals surface area contributed by atoms with Gasteiger partial charge in [-0.15, -0.1) is 0 Å². The molecule has 6 nitrogen and oxygen atoms in total. The van der Waals surface area contributed by atoms with Gasteiger partial charge in [-0.25, -0.2) is 4.98 Å². The van der Waals surface area contributed by atoms with Crippen LogP contribution in [-0.4, -0.2) is 22.1 Å². The predicted molar refractivity (Wildman–Crippen MR) is 101 cm³/mol. The second kappa shape index (κ2) is 9.11. The number of alkyl halides is 3. The maximum absolute atomic E-state index is 12.9. The maximum atomic E-state index is 12.9. The molecule has 2 heterocycles. The number of ether oxygens (including phenoxy) is 1. The average Bonchev–Trinajstić information content (AvgIpc) is 2.69. The fourth-order valence-corrected chi connectivity index (χ4v) is 3.37. The van der Waals surface area contributed by atoms with Gasteiger partial charge in [-0.2, -0.15) is 13.2 Å². The quantitative estimate of drug-likeness (QED) is 0.786. The van der Waals surface area contributed by atoms with Gasteiger partial charge in [0.1, 0.15) is 12.1 Å². The highest BCUT2D eigenvalue weighted by atomic mass is 19.4. The lowest BCUT2D eigenvalue weighted by Crippen LogP contribution is -2.32. The van der Waals surface area contributed by atoms with Crippen LogP contribution >= 0.6 is 0 Å². The molecule has 1 N–H and O–H groups in total. The smallest absolute Gasteiger partial charge is 0.421 e. The Labute approximate surface area is 165 Å². The van der Waals surface area contributed by atoms with E-state index in [-0.39, 0.29) is 5.82 Å². The topological polar surface area (TPSA) is 73.2 Å². The van der Waals surface area contributed by atoms with Crippen LogP contribution < -0.4 is 15.6 Å². The molecule has 0 unspecified atom stereocenters. The number of nitrogens with zero attached hydrogens (tertiary/aromatic N) is 2. The summed E-state index contributed by atoms with van der Waals surface area (Å²) in [4.78, 5) is 28.4. The number of hydrogen-bond donors (Lipinski definition) is 1. The number of halogens is 3. The van der Waals surface area contributed by atoms with E-state index in [9.17, 15) is 22.8 Å². The summed E-state index contributed by atoms with van der Waals surface area (Å²) < 4.78 is 45.1. The van der Waals surface area contributed by atoms with Gasteiger partial charge in [0.05, 0.1) is 6.61 Å². The molecule has 0 atom stereocenters. The molecule has 0 saturated heterocycles. The first-order valence-electron chi connectivity index (χ1n) is 9.49. The van der Waals surface area contributed by atoms with Gasteiger partial charge in [0.25, 0.3) is 5.56 Å². The number of hydrogen-bond acceptors (Lipinski definition) is 4. The van der Waals surface area contributed by atoms with Crippen LogP contribution in [0.1, 0.15) is 37.7 Å². The van der Waals surface area contributed by atoms with Crippen LogP contribution in [0, 0.1) is 5.92 Å². The van der Waals surface area contributed by atoms with Crippen LogP contribution in [0.2, 0.25) is 0 Å². The van der Waals surface area contributed by atoms with Crippen molar-refractivity contribution < 1.29 is 22.7 Å². The van der Waals surface area contributed by atoms with E-state index < -0.39 is 29.8 Å². The van der Waals surface area contributed by atoms with Crippen LogP contribution in [0.3, 0.4) is 0 Å². The molecule has 0 aliphatic heterocycles. The van der Waals surface area contributed by atoms with E-state index >= 15 is 0 Å². The van der Waals surface area contributed by atoms with E-state index in [0.717, 1.165) is 25.1 Å². The Kier molecular flexibility index (Phi) is 6.56. The largest absolute Gasteiger partial charge is 0.489 e. The molecular formula is C20H22F3N3O3. The van der Waals surface area contributed by atoms with Crippen molar-refractivity contribution in [3.63, 3.8) is 0 Å². The van der Waals surface area contributed by atoms with Gasteiger partial charge >= 0.3 is 6.18 Å². The fraction of sp³-hybridized carbons (Fsp3) is 0.450. The lowest BCUT2D eigenvalue weighted by molar-refractivity contribution is -0.139. The summed E-state index contributed by atoms with van der Waals surface area (Å²) in [5, 5.41) is 2.52. The Morgan fingerprint density at radius 3 is 2.69 bits per heavy atom. The summed E-state index contributed by atoms with van der Waals surface area (Å²) in [7, 11) is 0. The molecule has 1 amide bonds. The Morgan fingerprint density at radius 1 is 1.21 bits per heavy atom. The van der Waals surface area contributed by atoms with Crippen molar-refractivity contribution in [2.45, 2.75) is 44.8 Å². The van der Waals surface area contributed by atoms with Gasteiger partial charge in [0.2, 0.25) is 5.91 Å². The normalized spacial score (nSPS) is 15.1. The third-order valence-electron chi connectivity index (χ3n) is 4.87. The van der Waals surface area contributed by atoms with Crippen LogP contribution in [0.5, 0.6) is 5.75 Å². The van der Waals surface area contributed by atoms with Crippen molar-refractivity contribution in [1.82, 2.24) is 9.55 Å². The van der Waals surface area contributed by atoms with Crippen molar-refractivity contribution in [3.8, 4) is 5.75 Å². The fourth-order valence-electron chi connectivity index (χ4n) is 3.37.